The Morgan fingerprint density at radius 1 is 1.20 bits per heavy atom. The minimum Gasteiger partial charge on any atom is -0.353 e. The molecule has 1 aromatic heterocycles. The standard InChI is InChI=1S/C16H18ClN3/c1-11(12-6-4-3-5-7-12)20(2)15-10-14(17)18-16(19-15)13-8-9-13/h3-7,10-11,13H,8-9H2,1-2H3. The van der Waals surface area contributed by atoms with Gasteiger partial charge in [-0.1, -0.05) is 41.9 Å². The van der Waals surface area contributed by atoms with Crippen LogP contribution < -0.4 is 4.90 Å². The highest BCUT2D eigenvalue weighted by Gasteiger charge is 2.28. The van der Waals surface area contributed by atoms with Crippen LogP contribution >= 0.6 is 11.6 Å². The second-order valence-electron chi connectivity index (χ2n) is 5.38. The van der Waals surface area contributed by atoms with Crippen molar-refractivity contribution >= 4 is 17.4 Å². The lowest BCUT2D eigenvalue weighted by atomic mass is 10.1. The summed E-state index contributed by atoms with van der Waals surface area (Å²) in [6.07, 6.45) is 2.36. The van der Waals surface area contributed by atoms with Gasteiger partial charge in [-0.3, -0.25) is 0 Å². The van der Waals surface area contributed by atoms with Gasteiger partial charge in [0.2, 0.25) is 0 Å². The van der Waals surface area contributed by atoms with Crippen molar-refractivity contribution in [1.82, 2.24) is 9.97 Å². The van der Waals surface area contributed by atoms with Gasteiger partial charge in [-0.15, -0.1) is 0 Å². The molecular formula is C16H18ClN3. The van der Waals surface area contributed by atoms with E-state index in [4.69, 9.17) is 11.6 Å². The Morgan fingerprint density at radius 2 is 1.90 bits per heavy atom. The summed E-state index contributed by atoms with van der Waals surface area (Å²) in [6.45, 7) is 2.17. The van der Waals surface area contributed by atoms with E-state index in [0.717, 1.165) is 11.6 Å². The van der Waals surface area contributed by atoms with Crippen molar-refractivity contribution in [3.05, 3.63) is 52.9 Å². The fraction of sp³-hybridized carbons (Fsp3) is 0.375. The zero-order chi connectivity index (χ0) is 14.1. The second kappa shape index (κ2) is 5.41. The van der Waals surface area contributed by atoms with E-state index < -0.39 is 0 Å². The first-order valence-electron chi connectivity index (χ1n) is 6.97. The lowest BCUT2D eigenvalue weighted by Gasteiger charge is -2.26. The van der Waals surface area contributed by atoms with Crippen LogP contribution in [0.25, 0.3) is 0 Å². The molecule has 1 saturated carbocycles. The first-order valence-corrected chi connectivity index (χ1v) is 7.35. The van der Waals surface area contributed by atoms with Crippen LogP contribution in [0.5, 0.6) is 0 Å². The molecule has 20 heavy (non-hydrogen) atoms. The van der Waals surface area contributed by atoms with Gasteiger partial charge in [-0.05, 0) is 25.3 Å². The smallest absolute Gasteiger partial charge is 0.135 e. The van der Waals surface area contributed by atoms with E-state index in [2.05, 4.69) is 46.1 Å². The topological polar surface area (TPSA) is 29.0 Å². The lowest BCUT2D eigenvalue weighted by Crippen LogP contribution is -2.23. The number of benzene rings is 1. The Kier molecular flexibility index (Phi) is 3.62. The van der Waals surface area contributed by atoms with Crippen LogP contribution in [0.1, 0.15) is 43.1 Å². The van der Waals surface area contributed by atoms with Crippen LogP contribution in [-0.2, 0) is 0 Å². The Balaban J connectivity index is 1.88. The molecule has 0 radical (unpaired) electrons. The average Bonchev–Trinajstić information content (AvgIpc) is 3.30. The monoisotopic (exact) mass is 287 g/mol. The predicted octanol–water partition coefficient (Wildman–Crippen LogP) is 4.20. The minimum atomic E-state index is 0.245. The zero-order valence-electron chi connectivity index (χ0n) is 11.8. The Hall–Kier alpha value is -1.61. The largest absolute Gasteiger partial charge is 0.353 e. The van der Waals surface area contributed by atoms with Crippen LogP contribution in [0.3, 0.4) is 0 Å². The maximum atomic E-state index is 6.14. The molecule has 0 aliphatic heterocycles. The average molecular weight is 288 g/mol. The third-order valence-corrected chi connectivity index (χ3v) is 4.06. The van der Waals surface area contributed by atoms with Crippen LogP contribution in [-0.4, -0.2) is 17.0 Å². The molecule has 2 aromatic rings. The van der Waals surface area contributed by atoms with Gasteiger partial charge in [0.15, 0.2) is 0 Å². The van der Waals surface area contributed by atoms with Gasteiger partial charge in [-0.2, -0.15) is 0 Å². The summed E-state index contributed by atoms with van der Waals surface area (Å²) in [5.41, 5.74) is 1.26. The van der Waals surface area contributed by atoms with E-state index in [1.54, 1.807) is 0 Å². The van der Waals surface area contributed by atoms with Crippen LogP contribution in [0, 0.1) is 0 Å². The maximum absolute atomic E-state index is 6.14. The minimum absolute atomic E-state index is 0.245. The summed E-state index contributed by atoms with van der Waals surface area (Å²) in [7, 11) is 2.05. The van der Waals surface area contributed by atoms with Gasteiger partial charge in [0.25, 0.3) is 0 Å². The van der Waals surface area contributed by atoms with Gasteiger partial charge >= 0.3 is 0 Å². The van der Waals surface area contributed by atoms with Gasteiger partial charge in [0, 0.05) is 19.0 Å². The number of hydrogen-bond acceptors (Lipinski definition) is 3. The highest BCUT2D eigenvalue weighted by atomic mass is 35.5. The number of halogens is 1. The normalized spacial score (nSPS) is 15.9. The second-order valence-corrected chi connectivity index (χ2v) is 5.77. The summed E-state index contributed by atoms with van der Waals surface area (Å²) in [5.74, 6) is 2.29. The van der Waals surface area contributed by atoms with Crippen LogP contribution in [0.15, 0.2) is 36.4 Å². The summed E-state index contributed by atoms with van der Waals surface area (Å²) < 4.78 is 0. The Morgan fingerprint density at radius 3 is 2.55 bits per heavy atom. The van der Waals surface area contributed by atoms with Crippen molar-refractivity contribution in [2.45, 2.75) is 31.7 Å². The van der Waals surface area contributed by atoms with Gasteiger partial charge < -0.3 is 4.90 Å². The van der Waals surface area contributed by atoms with Gasteiger partial charge in [0.1, 0.15) is 16.8 Å². The quantitative estimate of drug-likeness (QED) is 0.789. The van der Waals surface area contributed by atoms with Crippen molar-refractivity contribution < 1.29 is 0 Å². The molecule has 0 spiro atoms. The molecule has 1 aromatic carbocycles. The van der Waals surface area contributed by atoms with E-state index in [1.807, 2.05) is 19.2 Å². The predicted molar refractivity (Wildman–Crippen MR) is 82.3 cm³/mol. The fourth-order valence-electron chi connectivity index (χ4n) is 2.28. The molecule has 1 heterocycles. The molecule has 0 bridgehead atoms. The van der Waals surface area contributed by atoms with Crippen LogP contribution in [0.4, 0.5) is 5.82 Å². The Bertz CT molecular complexity index is 596. The fourth-order valence-corrected chi connectivity index (χ4v) is 2.47. The number of aromatic nitrogens is 2. The zero-order valence-corrected chi connectivity index (χ0v) is 12.5. The first-order chi connectivity index (χ1) is 9.65. The number of hydrogen-bond donors (Lipinski definition) is 0. The summed E-state index contributed by atoms with van der Waals surface area (Å²) in [4.78, 5) is 11.2. The molecule has 0 saturated heterocycles. The van der Waals surface area contributed by atoms with Gasteiger partial charge in [0.05, 0.1) is 6.04 Å². The number of nitrogens with zero attached hydrogens (tertiary/aromatic N) is 3. The van der Waals surface area contributed by atoms with Crippen molar-refractivity contribution in [2.24, 2.45) is 0 Å². The molecule has 0 N–H and O–H groups in total. The molecule has 1 unspecified atom stereocenters. The molecule has 1 aliphatic carbocycles. The van der Waals surface area contributed by atoms with Gasteiger partial charge in [-0.25, -0.2) is 9.97 Å². The molecule has 1 aliphatic rings. The maximum Gasteiger partial charge on any atom is 0.135 e. The molecule has 0 amide bonds. The summed E-state index contributed by atoms with van der Waals surface area (Å²) >= 11 is 6.14. The molecule has 4 heteroatoms. The molecule has 1 fully saturated rings. The van der Waals surface area contributed by atoms with E-state index in [9.17, 15) is 0 Å². The molecule has 1 atom stereocenters. The molecule has 3 nitrogen and oxygen atoms in total. The van der Waals surface area contributed by atoms with Crippen molar-refractivity contribution in [1.29, 1.82) is 0 Å². The molecular weight excluding hydrogens is 270 g/mol. The third kappa shape index (κ3) is 2.78. The highest BCUT2D eigenvalue weighted by Crippen LogP contribution is 2.39. The van der Waals surface area contributed by atoms with E-state index in [-0.39, 0.29) is 6.04 Å². The van der Waals surface area contributed by atoms with E-state index in [0.29, 0.717) is 11.1 Å². The van der Waals surface area contributed by atoms with Crippen molar-refractivity contribution in [2.75, 3.05) is 11.9 Å². The third-order valence-electron chi connectivity index (χ3n) is 3.87. The molecule has 104 valence electrons. The first kappa shape index (κ1) is 13.4. The highest BCUT2D eigenvalue weighted by molar-refractivity contribution is 6.29. The van der Waals surface area contributed by atoms with Crippen molar-refractivity contribution in [3.63, 3.8) is 0 Å². The SMILES string of the molecule is CC(c1ccccc1)N(C)c1cc(Cl)nc(C2CC2)n1. The summed E-state index contributed by atoms with van der Waals surface area (Å²) in [6, 6.07) is 12.5. The number of anilines is 1. The Labute approximate surface area is 124 Å². The van der Waals surface area contributed by atoms with E-state index >= 15 is 0 Å². The van der Waals surface area contributed by atoms with Crippen molar-refractivity contribution in [3.8, 4) is 0 Å². The number of rotatable bonds is 4. The van der Waals surface area contributed by atoms with E-state index in [1.165, 1.54) is 18.4 Å². The lowest BCUT2D eigenvalue weighted by molar-refractivity contribution is 0.721. The molecule has 3 rings (SSSR count). The van der Waals surface area contributed by atoms with Crippen LogP contribution in [0.2, 0.25) is 5.15 Å². The summed E-state index contributed by atoms with van der Waals surface area (Å²) in [5, 5.41) is 0.531.